The third kappa shape index (κ3) is 5.46. The van der Waals surface area contributed by atoms with Gasteiger partial charge in [-0.05, 0) is 89.6 Å². The predicted molar refractivity (Wildman–Crippen MR) is 109 cm³/mol. The molecule has 0 saturated heterocycles. The van der Waals surface area contributed by atoms with E-state index in [-0.39, 0.29) is 23.6 Å². The van der Waals surface area contributed by atoms with Gasteiger partial charge in [-0.25, -0.2) is 0 Å². The van der Waals surface area contributed by atoms with E-state index in [1.54, 1.807) is 30.3 Å². The van der Waals surface area contributed by atoms with Gasteiger partial charge in [0.1, 0.15) is 17.2 Å². The van der Waals surface area contributed by atoms with Crippen molar-refractivity contribution in [1.29, 1.82) is 0 Å². The molecule has 2 aromatic rings. The van der Waals surface area contributed by atoms with Crippen molar-refractivity contribution in [3.8, 4) is 11.5 Å². The minimum atomic E-state index is -0.481. The van der Waals surface area contributed by atoms with Crippen LogP contribution in [-0.2, 0) is 17.6 Å². The summed E-state index contributed by atoms with van der Waals surface area (Å²) in [5.74, 6) is -0.273. The molecule has 0 radical (unpaired) electrons. The normalized spacial score (nSPS) is 11.4. The summed E-state index contributed by atoms with van der Waals surface area (Å²) in [4.78, 5) is 12.2. The van der Waals surface area contributed by atoms with Crippen LogP contribution in [0.1, 0.15) is 11.1 Å². The molecule has 2 aromatic carbocycles. The lowest BCUT2D eigenvalue weighted by molar-refractivity contribution is -0.115. The first-order chi connectivity index (χ1) is 12.3. The van der Waals surface area contributed by atoms with Gasteiger partial charge in [0.05, 0.1) is 13.4 Å². The van der Waals surface area contributed by atoms with Crippen molar-refractivity contribution in [2.45, 2.75) is 12.8 Å². The second-order valence-electron chi connectivity index (χ2n) is 5.42. The van der Waals surface area contributed by atoms with Gasteiger partial charge in [-0.15, -0.1) is 0 Å². The van der Waals surface area contributed by atoms with Crippen LogP contribution in [0, 0.1) is 0 Å². The summed E-state index contributed by atoms with van der Waals surface area (Å²) < 4.78 is 1.53. The molecule has 4 N–H and O–H groups in total. The number of phenols is 2. The lowest BCUT2D eigenvalue weighted by atomic mass is 10.1. The van der Waals surface area contributed by atoms with E-state index in [1.165, 1.54) is 0 Å². The number of halogens is 3. The third-order valence-corrected chi connectivity index (χ3v) is 5.39. The van der Waals surface area contributed by atoms with E-state index in [0.717, 1.165) is 5.56 Å². The number of oxime groups is 1. The van der Waals surface area contributed by atoms with Crippen molar-refractivity contribution in [3.05, 3.63) is 54.9 Å². The summed E-state index contributed by atoms with van der Waals surface area (Å²) in [6, 6.07) is 8.40. The number of carbonyl (C=O) groups is 1. The van der Waals surface area contributed by atoms with Crippen LogP contribution in [-0.4, -0.2) is 33.6 Å². The SMILES string of the molecule is O=C(NCCc1ccc(O)c(Br)c1)/C(Cc1cc(Br)c(O)c(Br)c1)=N/O. The van der Waals surface area contributed by atoms with Gasteiger partial charge in [0.15, 0.2) is 0 Å². The molecule has 0 heterocycles. The maximum Gasteiger partial charge on any atom is 0.269 e. The van der Waals surface area contributed by atoms with Gasteiger partial charge in [0.25, 0.3) is 5.91 Å². The summed E-state index contributed by atoms with van der Waals surface area (Å²) in [5, 5.41) is 34.1. The van der Waals surface area contributed by atoms with Crippen LogP contribution in [0.5, 0.6) is 11.5 Å². The van der Waals surface area contributed by atoms with Crippen LogP contribution in [0.15, 0.2) is 48.9 Å². The van der Waals surface area contributed by atoms with E-state index >= 15 is 0 Å². The molecule has 9 heteroatoms. The number of aromatic hydroxyl groups is 2. The molecule has 0 aliphatic rings. The van der Waals surface area contributed by atoms with E-state index in [9.17, 15) is 15.0 Å². The molecular formula is C17H15Br3N2O4. The Bertz CT molecular complexity index is 833. The van der Waals surface area contributed by atoms with Crippen LogP contribution >= 0.6 is 47.8 Å². The Morgan fingerprint density at radius 2 is 1.62 bits per heavy atom. The van der Waals surface area contributed by atoms with Crippen molar-refractivity contribution in [2.24, 2.45) is 5.16 Å². The number of phenolic OH excluding ortho intramolecular Hbond substituents is 2. The Labute approximate surface area is 175 Å². The Hall–Kier alpha value is -1.58. The molecule has 0 aromatic heterocycles. The number of hydrogen-bond donors (Lipinski definition) is 4. The molecule has 26 heavy (non-hydrogen) atoms. The maximum absolute atomic E-state index is 12.2. The molecule has 2 rings (SSSR count). The zero-order chi connectivity index (χ0) is 19.3. The zero-order valence-electron chi connectivity index (χ0n) is 13.3. The standard InChI is InChI=1S/C17H15Br3N2O4/c18-11-5-9(1-2-15(11)23)3-4-21-17(25)14(22-26)8-10-6-12(19)16(24)13(20)7-10/h1-2,5-7,23-24,26H,3-4,8H2,(H,21,25)/b22-14+. The van der Waals surface area contributed by atoms with Crippen molar-refractivity contribution >= 4 is 59.4 Å². The number of rotatable bonds is 6. The van der Waals surface area contributed by atoms with E-state index in [4.69, 9.17) is 5.21 Å². The molecule has 0 aliphatic heterocycles. The summed E-state index contributed by atoms with van der Waals surface area (Å²) in [6.07, 6.45) is 0.657. The highest BCUT2D eigenvalue weighted by Crippen LogP contribution is 2.33. The van der Waals surface area contributed by atoms with Crippen LogP contribution < -0.4 is 5.32 Å². The van der Waals surface area contributed by atoms with Crippen LogP contribution in [0.3, 0.4) is 0 Å². The molecule has 6 nitrogen and oxygen atoms in total. The molecule has 0 unspecified atom stereocenters. The number of benzene rings is 2. The molecule has 0 saturated carbocycles. The quantitative estimate of drug-likeness (QED) is 0.247. The largest absolute Gasteiger partial charge is 0.507 e. The topological polar surface area (TPSA) is 102 Å². The molecule has 0 atom stereocenters. The van der Waals surface area contributed by atoms with Gasteiger partial charge in [-0.3, -0.25) is 4.79 Å². The summed E-state index contributed by atoms with van der Waals surface area (Å²) in [6.45, 7) is 0.345. The highest BCUT2D eigenvalue weighted by molar-refractivity contribution is 9.11. The summed E-state index contributed by atoms with van der Waals surface area (Å²) >= 11 is 9.68. The zero-order valence-corrected chi connectivity index (χ0v) is 18.1. The van der Waals surface area contributed by atoms with Crippen LogP contribution in [0.4, 0.5) is 0 Å². The average molecular weight is 551 g/mol. The molecule has 0 spiro atoms. The first kappa shape index (κ1) is 20.7. The molecule has 0 fully saturated rings. The lowest BCUT2D eigenvalue weighted by Gasteiger charge is -2.09. The minimum absolute atomic E-state index is 0.0404. The first-order valence-corrected chi connectivity index (χ1v) is 9.83. The van der Waals surface area contributed by atoms with Crippen molar-refractivity contribution in [1.82, 2.24) is 5.32 Å². The second kappa shape index (κ2) is 9.38. The van der Waals surface area contributed by atoms with E-state index < -0.39 is 5.91 Å². The van der Waals surface area contributed by atoms with Gasteiger partial charge in [-0.1, -0.05) is 11.2 Å². The fourth-order valence-corrected chi connectivity index (χ4v) is 3.91. The fraction of sp³-hybridized carbons (Fsp3) is 0.176. The molecular weight excluding hydrogens is 536 g/mol. The predicted octanol–water partition coefficient (Wildman–Crippen LogP) is 4.12. The van der Waals surface area contributed by atoms with Crippen LogP contribution in [0.2, 0.25) is 0 Å². The Kier molecular flexibility index (Phi) is 7.48. The minimum Gasteiger partial charge on any atom is -0.507 e. The monoisotopic (exact) mass is 548 g/mol. The van der Waals surface area contributed by atoms with Crippen molar-refractivity contribution in [3.63, 3.8) is 0 Å². The van der Waals surface area contributed by atoms with Crippen molar-refractivity contribution < 1.29 is 20.2 Å². The summed E-state index contributed by atoms with van der Waals surface area (Å²) in [7, 11) is 0. The average Bonchev–Trinajstić information content (AvgIpc) is 2.60. The highest BCUT2D eigenvalue weighted by atomic mass is 79.9. The number of hydrogen-bond acceptors (Lipinski definition) is 5. The number of nitrogens with zero attached hydrogens (tertiary/aromatic N) is 1. The van der Waals surface area contributed by atoms with E-state index in [2.05, 4.69) is 58.3 Å². The van der Waals surface area contributed by atoms with Gasteiger partial charge in [0, 0.05) is 13.0 Å². The fourth-order valence-electron chi connectivity index (χ4n) is 2.20. The number of carbonyl (C=O) groups excluding carboxylic acids is 1. The number of nitrogens with one attached hydrogen (secondary N) is 1. The molecule has 1 amide bonds. The lowest BCUT2D eigenvalue weighted by Crippen LogP contribution is -2.33. The Balaban J connectivity index is 1.95. The molecule has 0 aliphatic carbocycles. The highest BCUT2D eigenvalue weighted by Gasteiger charge is 2.15. The Morgan fingerprint density at radius 1 is 1.00 bits per heavy atom. The maximum atomic E-state index is 12.2. The van der Waals surface area contributed by atoms with Crippen molar-refractivity contribution in [2.75, 3.05) is 6.54 Å². The second-order valence-corrected chi connectivity index (χ2v) is 7.99. The van der Waals surface area contributed by atoms with E-state index in [0.29, 0.717) is 31.9 Å². The molecule has 0 bridgehead atoms. The van der Waals surface area contributed by atoms with Gasteiger partial charge < -0.3 is 20.7 Å². The smallest absolute Gasteiger partial charge is 0.269 e. The molecule has 138 valence electrons. The first-order valence-electron chi connectivity index (χ1n) is 7.45. The van der Waals surface area contributed by atoms with Crippen LogP contribution in [0.25, 0.3) is 0 Å². The third-order valence-electron chi connectivity index (χ3n) is 3.54. The van der Waals surface area contributed by atoms with Gasteiger partial charge in [-0.2, -0.15) is 0 Å². The number of amides is 1. The van der Waals surface area contributed by atoms with Gasteiger partial charge >= 0.3 is 0 Å². The van der Waals surface area contributed by atoms with E-state index in [1.807, 2.05) is 0 Å². The van der Waals surface area contributed by atoms with Gasteiger partial charge in [0.2, 0.25) is 0 Å². The Morgan fingerprint density at radius 3 is 2.19 bits per heavy atom. The summed E-state index contributed by atoms with van der Waals surface area (Å²) in [5.41, 5.74) is 1.58.